The average Bonchev–Trinajstić information content (AvgIpc) is 2.74. The first-order valence-electron chi connectivity index (χ1n) is 5.66. The Kier molecular flexibility index (Phi) is 3.55. The van der Waals surface area contributed by atoms with Crippen LogP contribution >= 0.6 is 0 Å². The van der Waals surface area contributed by atoms with Crippen molar-refractivity contribution < 1.29 is 18.4 Å². The molecule has 0 spiro atoms. The van der Waals surface area contributed by atoms with E-state index in [1.165, 1.54) is 0 Å². The van der Waals surface area contributed by atoms with Crippen LogP contribution in [0.2, 0.25) is 0 Å². The SMILES string of the molecule is C[C@H](c1ccccc1)n1cc(F)c(F)c1C(=O)C=O. The van der Waals surface area contributed by atoms with Crippen LogP contribution in [0.15, 0.2) is 36.5 Å². The average molecular weight is 263 g/mol. The van der Waals surface area contributed by atoms with Crippen LogP contribution in [0.4, 0.5) is 8.78 Å². The summed E-state index contributed by atoms with van der Waals surface area (Å²) in [5, 5.41) is 0. The third kappa shape index (κ3) is 2.31. The number of hydrogen-bond acceptors (Lipinski definition) is 2. The largest absolute Gasteiger partial charge is 0.332 e. The lowest BCUT2D eigenvalue weighted by Crippen LogP contribution is -2.15. The van der Waals surface area contributed by atoms with Crippen LogP contribution in [0.25, 0.3) is 0 Å². The molecule has 0 unspecified atom stereocenters. The molecule has 1 heterocycles. The number of ketones is 1. The van der Waals surface area contributed by atoms with Crippen molar-refractivity contribution in [1.82, 2.24) is 4.57 Å². The number of rotatable bonds is 4. The van der Waals surface area contributed by atoms with E-state index in [1.54, 1.807) is 31.2 Å². The van der Waals surface area contributed by atoms with Crippen molar-refractivity contribution in [3.05, 3.63) is 59.4 Å². The fraction of sp³-hybridized carbons (Fsp3) is 0.143. The molecule has 0 fully saturated rings. The highest BCUT2D eigenvalue weighted by atomic mass is 19.2. The van der Waals surface area contributed by atoms with Crippen LogP contribution in [-0.4, -0.2) is 16.6 Å². The summed E-state index contributed by atoms with van der Waals surface area (Å²) in [4.78, 5) is 21.9. The van der Waals surface area contributed by atoms with Gasteiger partial charge in [0.2, 0.25) is 5.78 Å². The van der Waals surface area contributed by atoms with Gasteiger partial charge in [-0.2, -0.15) is 0 Å². The van der Waals surface area contributed by atoms with Gasteiger partial charge >= 0.3 is 0 Å². The Morgan fingerprint density at radius 2 is 1.89 bits per heavy atom. The van der Waals surface area contributed by atoms with Crippen LogP contribution in [-0.2, 0) is 4.79 Å². The van der Waals surface area contributed by atoms with Crippen molar-refractivity contribution >= 4 is 12.1 Å². The highest BCUT2D eigenvalue weighted by Gasteiger charge is 2.24. The smallest absolute Gasteiger partial charge is 0.244 e. The quantitative estimate of drug-likeness (QED) is 0.483. The van der Waals surface area contributed by atoms with Gasteiger partial charge in [0.1, 0.15) is 5.69 Å². The van der Waals surface area contributed by atoms with E-state index in [2.05, 4.69) is 0 Å². The van der Waals surface area contributed by atoms with Gasteiger partial charge in [0.05, 0.1) is 6.04 Å². The molecule has 0 amide bonds. The molecule has 1 aromatic carbocycles. The van der Waals surface area contributed by atoms with Crippen molar-refractivity contribution in [2.75, 3.05) is 0 Å². The predicted molar refractivity (Wildman–Crippen MR) is 65.0 cm³/mol. The molecule has 0 bridgehead atoms. The lowest BCUT2D eigenvalue weighted by atomic mass is 10.1. The molecule has 3 nitrogen and oxygen atoms in total. The molecule has 5 heteroatoms. The van der Waals surface area contributed by atoms with E-state index in [1.807, 2.05) is 6.07 Å². The zero-order chi connectivity index (χ0) is 14.0. The van der Waals surface area contributed by atoms with Gasteiger partial charge in [-0.25, -0.2) is 8.78 Å². The summed E-state index contributed by atoms with van der Waals surface area (Å²) in [5.41, 5.74) is 0.223. The van der Waals surface area contributed by atoms with Crippen molar-refractivity contribution in [2.45, 2.75) is 13.0 Å². The van der Waals surface area contributed by atoms with E-state index in [-0.39, 0.29) is 6.29 Å². The van der Waals surface area contributed by atoms with Gasteiger partial charge in [-0.15, -0.1) is 0 Å². The number of aromatic nitrogens is 1. The van der Waals surface area contributed by atoms with Gasteiger partial charge in [-0.3, -0.25) is 9.59 Å². The summed E-state index contributed by atoms with van der Waals surface area (Å²) < 4.78 is 28.0. The summed E-state index contributed by atoms with van der Waals surface area (Å²) in [6.45, 7) is 1.69. The van der Waals surface area contributed by atoms with Crippen LogP contribution in [0.3, 0.4) is 0 Å². The zero-order valence-corrected chi connectivity index (χ0v) is 10.1. The lowest BCUT2D eigenvalue weighted by molar-refractivity contribution is -0.104. The maximum absolute atomic E-state index is 13.6. The molecule has 0 aliphatic rings. The number of nitrogens with zero attached hydrogens (tertiary/aromatic N) is 1. The second kappa shape index (κ2) is 5.14. The molecule has 1 aromatic heterocycles. The Balaban J connectivity index is 2.54. The summed E-state index contributed by atoms with van der Waals surface area (Å²) in [7, 11) is 0. The van der Waals surface area contributed by atoms with Crippen molar-refractivity contribution in [2.24, 2.45) is 0 Å². The number of halogens is 2. The molecule has 2 rings (SSSR count). The minimum absolute atomic E-state index is 0.0218. The second-order valence-electron chi connectivity index (χ2n) is 4.12. The first-order valence-corrected chi connectivity index (χ1v) is 5.66. The van der Waals surface area contributed by atoms with E-state index >= 15 is 0 Å². The minimum atomic E-state index is -1.29. The number of benzene rings is 1. The van der Waals surface area contributed by atoms with E-state index in [4.69, 9.17) is 0 Å². The first-order chi connectivity index (χ1) is 9.06. The molecule has 0 aliphatic carbocycles. The van der Waals surface area contributed by atoms with E-state index in [0.29, 0.717) is 0 Å². The summed E-state index contributed by atoms with van der Waals surface area (Å²) in [6, 6.07) is 8.46. The Morgan fingerprint density at radius 1 is 1.26 bits per heavy atom. The number of aldehydes is 1. The zero-order valence-electron chi connectivity index (χ0n) is 10.1. The molecule has 0 saturated carbocycles. The van der Waals surface area contributed by atoms with E-state index < -0.39 is 29.2 Å². The highest BCUT2D eigenvalue weighted by molar-refractivity contribution is 6.32. The van der Waals surface area contributed by atoms with Crippen LogP contribution in [0, 0.1) is 11.6 Å². The summed E-state index contributed by atoms with van der Waals surface area (Å²) in [6.07, 6.45) is 0.871. The van der Waals surface area contributed by atoms with Gasteiger partial charge < -0.3 is 4.57 Å². The van der Waals surface area contributed by atoms with E-state index in [9.17, 15) is 18.4 Å². The van der Waals surface area contributed by atoms with Crippen LogP contribution in [0.5, 0.6) is 0 Å². The Bertz CT molecular complexity index is 620. The number of hydrogen-bond donors (Lipinski definition) is 0. The van der Waals surface area contributed by atoms with Gasteiger partial charge in [-0.1, -0.05) is 30.3 Å². The Hall–Kier alpha value is -2.30. The van der Waals surface area contributed by atoms with Crippen LogP contribution < -0.4 is 0 Å². The fourth-order valence-electron chi connectivity index (χ4n) is 1.96. The monoisotopic (exact) mass is 263 g/mol. The van der Waals surface area contributed by atoms with E-state index in [0.717, 1.165) is 16.3 Å². The lowest BCUT2D eigenvalue weighted by Gasteiger charge is -2.16. The number of carbonyl (C=O) groups excluding carboxylic acids is 2. The van der Waals surface area contributed by atoms with Crippen LogP contribution in [0.1, 0.15) is 29.0 Å². The topological polar surface area (TPSA) is 39.1 Å². The Morgan fingerprint density at radius 3 is 2.47 bits per heavy atom. The van der Waals surface area contributed by atoms with Gasteiger partial charge in [-0.05, 0) is 12.5 Å². The number of carbonyl (C=O) groups is 2. The summed E-state index contributed by atoms with van der Waals surface area (Å²) >= 11 is 0. The summed E-state index contributed by atoms with van der Waals surface area (Å²) in [5.74, 6) is -3.52. The molecule has 0 radical (unpaired) electrons. The fourth-order valence-corrected chi connectivity index (χ4v) is 1.96. The maximum atomic E-state index is 13.6. The molecule has 19 heavy (non-hydrogen) atoms. The van der Waals surface area contributed by atoms with Crippen molar-refractivity contribution in [1.29, 1.82) is 0 Å². The molecule has 1 atom stereocenters. The molecule has 0 saturated heterocycles. The minimum Gasteiger partial charge on any atom is -0.332 e. The normalized spacial score (nSPS) is 12.2. The second-order valence-corrected chi connectivity index (χ2v) is 4.12. The molecule has 0 N–H and O–H groups in total. The van der Waals surface area contributed by atoms with Gasteiger partial charge in [0.15, 0.2) is 17.9 Å². The first kappa shape index (κ1) is 13.1. The van der Waals surface area contributed by atoms with Gasteiger partial charge in [0.25, 0.3) is 0 Å². The third-order valence-corrected chi connectivity index (χ3v) is 2.97. The molecule has 0 aliphatic heterocycles. The van der Waals surface area contributed by atoms with Crippen molar-refractivity contribution in [3.8, 4) is 0 Å². The Labute approximate surface area is 108 Å². The predicted octanol–water partition coefficient (Wildman–Crippen LogP) is 2.76. The van der Waals surface area contributed by atoms with Gasteiger partial charge in [0, 0.05) is 6.20 Å². The van der Waals surface area contributed by atoms with Crippen molar-refractivity contribution in [3.63, 3.8) is 0 Å². The number of Topliss-reactive ketones (excluding diaryl/α,β-unsaturated/α-hetero) is 1. The molecular weight excluding hydrogens is 252 g/mol. The highest BCUT2D eigenvalue weighted by Crippen LogP contribution is 2.24. The third-order valence-electron chi connectivity index (χ3n) is 2.97. The molecule has 2 aromatic rings. The molecular formula is C14H11F2NO2. The molecule has 98 valence electrons. The maximum Gasteiger partial charge on any atom is 0.244 e. The standard InChI is InChI=1S/C14H11F2NO2/c1-9(10-5-3-2-4-6-10)17-7-11(15)13(16)14(17)12(19)8-18/h2-9H,1H3/t9-/m1/s1.